The molecule has 2 aromatic rings. The average molecular weight is 316 g/mol. The van der Waals surface area contributed by atoms with Crippen molar-refractivity contribution >= 4 is 29.7 Å². The molecule has 8 heteroatoms. The van der Waals surface area contributed by atoms with Gasteiger partial charge in [0.15, 0.2) is 0 Å². The fraction of sp³-hybridized carbons (Fsp3) is 0.417. The van der Waals surface area contributed by atoms with Crippen LogP contribution in [0.15, 0.2) is 11.6 Å². The molecular formula is C12H18ClN5OS. The van der Waals surface area contributed by atoms with Crippen molar-refractivity contribution in [3.05, 3.63) is 33.5 Å². The Balaban J connectivity index is 0.00000200. The topological polar surface area (TPSA) is 85.8 Å². The van der Waals surface area contributed by atoms with E-state index in [1.165, 1.54) is 11.3 Å². The summed E-state index contributed by atoms with van der Waals surface area (Å²) in [7, 11) is 1.88. The second kappa shape index (κ2) is 6.83. The van der Waals surface area contributed by atoms with Gasteiger partial charge in [0.2, 0.25) is 0 Å². The quantitative estimate of drug-likeness (QED) is 0.896. The van der Waals surface area contributed by atoms with Gasteiger partial charge in [-0.05, 0) is 13.8 Å². The van der Waals surface area contributed by atoms with Crippen LogP contribution in [0.4, 0.5) is 0 Å². The summed E-state index contributed by atoms with van der Waals surface area (Å²) in [6, 6.07) is -0.107. The van der Waals surface area contributed by atoms with Crippen molar-refractivity contribution in [1.82, 2.24) is 20.1 Å². The van der Waals surface area contributed by atoms with Gasteiger partial charge in [-0.25, -0.2) is 4.98 Å². The molecule has 2 aromatic heterocycles. The molecule has 6 nitrogen and oxygen atoms in total. The molecule has 0 fully saturated rings. The Morgan fingerprint density at radius 3 is 2.80 bits per heavy atom. The van der Waals surface area contributed by atoms with E-state index in [9.17, 15) is 4.79 Å². The van der Waals surface area contributed by atoms with Crippen molar-refractivity contribution in [3.8, 4) is 0 Å². The number of thiazole rings is 1. The van der Waals surface area contributed by atoms with E-state index in [0.717, 1.165) is 16.3 Å². The second-order valence-corrected chi connectivity index (χ2v) is 5.28. The highest BCUT2D eigenvalue weighted by molar-refractivity contribution is 7.09. The van der Waals surface area contributed by atoms with Crippen molar-refractivity contribution in [3.63, 3.8) is 0 Å². The molecule has 1 unspecified atom stereocenters. The number of rotatable bonds is 4. The van der Waals surface area contributed by atoms with Crippen molar-refractivity contribution in [2.45, 2.75) is 26.4 Å². The van der Waals surface area contributed by atoms with E-state index in [0.29, 0.717) is 12.2 Å². The first-order valence-electron chi connectivity index (χ1n) is 5.96. The van der Waals surface area contributed by atoms with Crippen molar-refractivity contribution < 1.29 is 4.79 Å². The van der Waals surface area contributed by atoms with Gasteiger partial charge in [-0.3, -0.25) is 9.48 Å². The van der Waals surface area contributed by atoms with Gasteiger partial charge in [-0.2, -0.15) is 5.10 Å². The fourth-order valence-electron chi connectivity index (χ4n) is 1.80. The lowest BCUT2D eigenvalue weighted by molar-refractivity contribution is 0.0935. The molecule has 1 amide bonds. The third-order valence-corrected chi connectivity index (χ3v) is 3.92. The first kappa shape index (κ1) is 16.6. The van der Waals surface area contributed by atoms with Crippen molar-refractivity contribution in [1.29, 1.82) is 0 Å². The van der Waals surface area contributed by atoms with E-state index >= 15 is 0 Å². The minimum Gasteiger partial charge on any atom is -0.344 e. The summed E-state index contributed by atoms with van der Waals surface area (Å²) in [4.78, 5) is 16.2. The zero-order valence-electron chi connectivity index (χ0n) is 11.6. The number of carbonyl (C=O) groups excluding carboxylic acids is 1. The van der Waals surface area contributed by atoms with Gasteiger partial charge in [-0.1, -0.05) is 0 Å². The number of nitrogens with two attached hydrogens (primary N) is 1. The van der Waals surface area contributed by atoms with Crippen molar-refractivity contribution in [2.75, 3.05) is 0 Å². The third-order valence-electron chi connectivity index (χ3n) is 3.05. The van der Waals surface area contributed by atoms with E-state index in [1.54, 1.807) is 16.3 Å². The molecule has 0 saturated carbocycles. The lowest BCUT2D eigenvalue weighted by Gasteiger charge is -2.12. The van der Waals surface area contributed by atoms with Gasteiger partial charge in [0.05, 0.1) is 12.2 Å². The standard InChI is InChI=1S/C12H17N5OS.ClH/c1-7(9-5-14-17(3)8(9)2)15-12(18)10-6-19-11(4-13)16-10;/h5-7H,4,13H2,1-3H3,(H,15,18);1H. The molecular weight excluding hydrogens is 298 g/mol. The summed E-state index contributed by atoms with van der Waals surface area (Å²) < 4.78 is 1.79. The third kappa shape index (κ3) is 3.36. The van der Waals surface area contributed by atoms with Crippen LogP contribution >= 0.6 is 23.7 Å². The summed E-state index contributed by atoms with van der Waals surface area (Å²) >= 11 is 1.39. The van der Waals surface area contributed by atoms with Crippen LogP contribution in [-0.2, 0) is 13.6 Å². The molecule has 3 N–H and O–H groups in total. The van der Waals surface area contributed by atoms with Gasteiger partial charge in [-0.15, -0.1) is 23.7 Å². The predicted octanol–water partition coefficient (Wildman–Crippen LogP) is 1.56. The first-order chi connectivity index (χ1) is 9.02. The Morgan fingerprint density at radius 2 is 2.30 bits per heavy atom. The summed E-state index contributed by atoms with van der Waals surface area (Å²) in [6.45, 7) is 4.26. The van der Waals surface area contributed by atoms with E-state index in [-0.39, 0.29) is 24.4 Å². The minimum atomic E-state index is -0.188. The highest BCUT2D eigenvalue weighted by atomic mass is 35.5. The summed E-state index contributed by atoms with van der Waals surface area (Å²) in [5, 5.41) is 9.57. The maximum absolute atomic E-state index is 12.0. The molecule has 0 bridgehead atoms. The van der Waals surface area contributed by atoms with Gasteiger partial charge in [0, 0.05) is 30.2 Å². The fourth-order valence-corrected chi connectivity index (χ4v) is 2.45. The van der Waals surface area contributed by atoms with E-state index in [4.69, 9.17) is 5.73 Å². The molecule has 0 saturated heterocycles. The maximum atomic E-state index is 12.0. The number of carbonyl (C=O) groups is 1. The van der Waals surface area contributed by atoms with Gasteiger partial charge < -0.3 is 11.1 Å². The zero-order chi connectivity index (χ0) is 14.0. The molecule has 0 aliphatic heterocycles. The normalized spacial score (nSPS) is 11.8. The lowest BCUT2D eigenvalue weighted by Crippen LogP contribution is -2.27. The SMILES string of the molecule is Cc1c(C(C)NC(=O)c2csc(CN)n2)cnn1C.Cl. The number of halogens is 1. The van der Waals surface area contributed by atoms with Crippen LogP contribution in [0.1, 0.15) is 39.7 Å². The van der Waals surface area contributed by atoms with Crippen LogP contribution in [-0.4, -0.2) is 20.7 Å². The summed E-state index contributed by atoms with van der Waals surface area (Å²) in [5.41, 5.74) is 7.94. The molecule has 2 heterocycles. The van der Waals surface area contributed by atoms with Crippen LogP contribution in [0.2, 0.25) is 0 Å². The largest absolute Gasteiger partial charge is 0.344 e. The average Bonchev–Trinajstić information content (AvgIpc) is 2.98. The van der Waals surface area contributed by atoms with E-state index in [1.807, 2.05) is 20.9 Å². The Kier molecular flexibility index (Phi) is 5.67. The summed E-state index contributed by atoms with van der Waals surface area (Å²) in [5.74, 6) is -0.188. The molecule has 0 aliphatic rings. The molecule has 0 aliphatic carbocycles. The number of hydrogen-bond donors (Lipinski definition) is 2. The van der Waals surface area contributed by atoms with Crippen LogP contribution in [0, 0.1) is 6.92 Å². The number of aromatic nitrogens is 3. The van der Waals surface area contributed by atoms with E-state index in [2.05, 4.69) is 15.4 Å². The number of hydrogen-bond acceptors (Lipinski definition) is 5. The maximum Gasteiger partial charge on any atom is 0.271 e. The molecule has 2 rings (SSSR count). The second-order valence-electron chi connectivity index (χ2n) is 4.33. The van der Waals surface area contributed by atoms with Gasteiger partial charge in [0.25, 0.3) is 5.91 Å². The van der Waals surface area contributed by atoms with Crippen LogP contribution in [0.3, 0.4) is 0 Å². The van der Waals surface area contributed by atoms with Crippen LogP contribution < -0.4 is 11.1 Å². The minimum absolute atomic E-state index is 0. The number of nitrogens with one attached hydrogen (secondary N) is 1. The Bertz CT molecular complexity index is 594. The molecule has 0 radical (unpaired) electrons. The molecule has 20 heavy (non-hydrogen) atoms. The van der Waals surface area contributed by atoms with Crippen molar-refractivity contribution in [2.24, 2.45) is 12.8 Å². The number of amides is 1. The predicted molar refractivity (Wildman–Crippen MR) is 81.1 cm³/mol. The lowest BCUT2D eigenvalue weighted by atomic mass is 10.1. The highest BCUT2D eigenvalue weighted by Gasteiger charge is 2.17. The Hall–Kier alpha value is -1.44. The Morgan fingerprint density at radius 1 is 1.60 bits per heavy atom. The van der Waals surface area contributed by atoms with Crippen LogP contribution in [0.5, 0.6) is 0 Å². The molecule has 1 atom stereocenters. The molecule has 110 valence electrons. The summed E-state index contributed by atoms with van der Waals surface area (Å²) in [6.07, 6.45) is 1.77. The Labute approximate surface area is 127 Å². The molecule has 0 spiro atoms. The highest BCUT2D eigenvalue weighted by Crippen LogP contribution is 2.17. The van der Waals surface area contributed by atoms with Crippen LogP contribution in [0.25, 0.3) is 0 Å². The van der Waals surface area contributed by atoms with Gasteiger partial charge >= 0.3 is 0 Å². The zero-order valence-corrected chi connectivity index (χ0v) is 13.2. The first-order valence-corrected chi connectivity index (χ1v) is 6.84. The van der Waals surface area contributed by atoms with E-state index < -0.39 is 0 Å². The smallest absolute Gasteiger partial charge is 0.271 e. The monoisotopic (exact) mass is 315 g/mol. The number of aryl methyl sites for hydroxylation is 1. The molecule has 0 aromatic carbocycles. The number of nitrogens with zero attached hydrogens (tertiary/aromatic N) is 3. The van der Waals surface area contributed by atoms with Gasteiger partial charge in [0.1, 0.15) is 10.7 Å².